The summed E-state index contributed by atoms with van der Waals surface area (Å²) in [4.78, 5) is 15.6. The molecule has 2 aromatic rings. The topological polar surface area (TPSA) is 36.8 Å². The third-order valence-electron chi connectivity index (χ3n) is 5.26. The summed E-state index contributed by atoms with van der Waals surface area (Å²) >= 11 is 0. The largest absolute Gasteiger partial charge is 0.416 e. The summed E-state index contributed by atoms with van der Waals surface area (Å²) < 4.78 is 38.8. The number of quaternary nitrogens is 1. The van der Waals surface area contributed by atoms with Gasteiger partial charge in [-0.2, -0.15) is 13.2 Å². The average molecular weight is 392 g/mol. The number of amides is 1. The third-order valence-corrected chi connectivity index (χ3v) is 5.26. The lowest BCUT2D eigenvalue weighted by Gasteiger charge is -2.36. The van der Waals surface area contributed by atoms with Gasteiger partial charge in [0.25, 0.3) is 5.91 Å². The summed E-state index contributed by atoms with van der Waals surface area (Å²) in [7, 11) is 0. The van der Waals surface area contributed by atoms with Crippen LogP contribution in [0.4, 0.5) is 18.9 Å². The molecule has 1 aliphatic rings. The van der Waals surface area contributed by atoms with E-state index >= 15 is 0 Å². The normalized spacial score (nSPS) is 16.6. The molecule has 1 aliphatic heterocycles. The standard InChI is InChI=1S/C21H24F3N3O/c1-16(20(28)25-15-17-6-3-2-4-7-17)26-10-12-27(13-11-26)19-9-5-8-18(14-19)21(22,23)24/h2-9,14,16H,10-13,15H2,1H3,(H,25,28)/p+1/t16-/m1/s1. The molecule has 1 heterocycles. The quantitative estimate of drug-likeness (QED) is 0.818. The van der Waals surface area contributed by atoms with Crippen LogP contribution in [0.25, 0.3) is 0 Å². The van der Waals surface area contributed by atoms with Crippen molar-refractivity contribution in [1.82, 2.24) is 5.32 Å². The smallest absolute Gasteiger partial charge is 0.360 e. The molecule has 150 valence electrons. The molecular weight excluding hydrogens is 367 g/mol. The van der Waals surface area contributed by atoms with Crippen molar-refractivity contribution in [2.45, 2.75) is 25.7 Å². The SMILES string of the molecule is C[C@H](C(=O)NCc1ccccc1)[NH+]1CCN(c2cccc(C(F)(F)F)c2)CC1. The summed E-state index contributed by atoms with van der Waals surface area (Å²) in [6.07, 6.45) is -4.34. The number of nitrogens with zero attached hydrogens (tertiary/aromatic N) is 1. The predicted octanol–water partition coefficient (Wildman–Crippen LogP) is 2.12. The van der Waals surface area contributed by atoms with Crippen LogP contribution in [-0.2, 0) is 17.5 Å². The van der Waals surface area contributed by atoms with Crippen LogP contribution in [0.3, 0.4) is 0 Å². The van der Waals surface area contributed by atoms with E-state index < -0.39 is 11.7 Å². The van der Waals surface area contributed by atoms with E-state index in [1.807, 2.05) is 42.2 Å². The lowest BCUT2D eigenvalue weighted by molar-refractivity contribution is -0.914. The Bertz CT molecular complexity index is 787. The molecule has 3 rings (SSSR count). The zero-order valence-electron chi connectivity index (χ0n) is 15.8. The number of benzene rings is 2. The molecule has 2 aromatic carbocycles. The monoisotopic (exact) mass is 392 g/mol. The molecule has 0 aromatic heterocycles. The van der Waals surface area contributed by atoms with E-state index in [9.17, 15) is 18.0 Å². The van der Waals surface area contributed by atoms with Crippen molar-refractivity contribution in [3.63, 3.8) is 0 Å². The van der Waals surface area contributed by atoms with E-state index in [0.29, 0.717) is 38.4 Å². The number of hydrogen-bond donors (Lipinski definition) is 2. The first kappa shape index (κ1) is 20.2. The molecule has 4 nitrogen and oxygen atoms in total. The van der Waals surface area contributed by atoms with Crippen molar-refractivity contribution in [3.8, 4) is 0 Å². The minimum atomic E-state index is -4.34. The van der Waals surface area contributed by atoms with Gasteiger partial charge in [0.15, 0.2) is 6.04 Å². The highest BCUT2D eigenvalue weighted by molar-refractivity contribution is 5.79. The fraction of sp³-hybridized carbons (Fsp3) is 0.381. The van der Waals surface area contributed by atoms with Crippen molar-refractivity contribution in [2.75, 3.05) is 31.1 Å². The van der Waals surface area contributed by atoms with Gasteiger partial charge in [-0.15, -0.1) is 0 Å². The van der Waals surface area contributed by atoms with Gasteiger partial charge in [-0.3, -0.25) is 4.79 Å². The number of carbonyl (C=O) groups excluding carboxylic acids is 1. The van der Waals surface area contributed by atoms with E-state index in [-0.39, 0.29) is 11.9 Å². The third kappa shape index (κ3) is 5.04. The molecular formula is C21H25F3N3O+. The van der Waals surface area contributed by atoms with E-state index in [2.05, 4.69) is 5.32 Å². The van der Waals surface area contributed by atoms with E-state index in [1.165, 1.54) is 12.1 Å². The molecule has 0 unspecified atom stereocenters. The average Bonchev–Trinajstić information content (AvgIpc) is 2.72. The molecule has 0 saturated carbocycles. The minimum Gasteiger partial charge on any atom is -0.360 e. The Hall–Kier alpha value is -2.54. The maximum absolute atomic E-state index is 12.9. The van der Waals surface area contributed by atoms with Crippen molar-refractivity contribution in [3.05, 3.63) is 65.7 Å². The fourth-order valence-electron chi connectivity index (χ4n) is 3.49. The van der Waals surface area contributed by atoms with Gasteiger partial charge in [-0.05, 0) is 30.7 Å². The molecule has 1 atom stereocenters. The van der Waals surface area contributed by atoms with Crippen LogP contribution in [0.5, 0.6) is 0 Å². The van der Waals surface area contributed by atoms with Crippen molar-refractivity contribution in [1.29, 1.82) is 0 Å². The Labute approximate surface area is 162 Å². The first-order chi connectivity index (χ1) is 13.3. The van der Waals surface area contributed by atoms with Crippen LogP contribution in [0.2, 0.25) is 0 Å². The highest BCUT2D eigenvalue weighted by Gasteiger charge is 2.32. The van der Waals surface area contributed by atoms with Gasteiger partial charge in [0.05, 0.1) is 31.7 Å². The summed E-state index contributed by atoms with van der Waals surface area (Å²) in [5.41, 5.74) is 0.996. The summed E-state index contributed by atoms with van der Waals surface area (Å²) in [5, 5.41) is 2.96. The molecule has 0 radical (unpaired) electrons. The van der Waals surface area contributed by atoms with Crippen molar-refractivity contribution >= 4 is 11.6 Å². The van der Waals surface area contributed by atoms with Crippen LogP contribution < -0.4 is 15.1 Å². The number of anilines is 1. The first-order valence-electron chi connectivity index (χ1n) is 9.43. The molecule has 2 N–H and O–H groups in total. The number of alkyl halides is 3. The second-order valence-electron chi connectivity index (χ2n) is 7.12. The van der Waals surface area contributed by atoms with Gasteiger partial charge in [0, 0.05) is 12.2 Å². The molecule has 7 heteroatoms. The second-order valence-corrected chi connectivity index (χ2v) is 7.12. The number of halogens is 3. The Morgan fingerprint density at radius 2 is 1.79 bits per heavy atom. The highest BCUT2D eigenvalue weighted by Crippen LogP contribution is 2.31. The van der Waals surface area contributed by atoms with Crippen LogP contribution >= 0.6 is 0 Å². The maximum atomic E-state index is 12.9. The Balaban J connectivity index is 1.52. The zero-order valence-corrected chi connectivity index (χ0v) is 15.8. The number of carbonyl (C=O) groups is 1. The van der Waals surface area contributed by atoms with Crippen LogP contribution in [0.15, 0.2) is 54.6 Å². The minimum absolute atomic E-state index is 0.00799. The number of hydrogen-bond acceptors (Lipinski definition) is 2. The molecule has 0 aliphatic carbocycles. The number of rotatable bonds is 5. The van der Waals surface area contributed by atoms with Gasteiger partial charge < -0.3 is 15.1 Å². The predicted molar refractivity (Wildman–Crippen MR) is 102 cm³/mol. The van der Waals surface area contributed by atoms with Crippen LogP contribution in [0.1, 0.15) is 18.1 Å². The van der Waals surface area contributed by atoms with Gasteiger partial charge in [-0.25, -0.2) is 0 Å². The Morgan fingerprint density at radius 1 is 1.11 bits per heavy atom. The summed E-state index contributed by atoms with van der Waals surface area (Å²) in [5.74, 6) is -0.00799. The zero-order chi connectivity index (χ0) is 20.1. The van der Waals surface area contributed by atoms with Crippen molar-refractivity contribution < 1.29 is 22.9 Å². The van der Waals surface area contributed by atoms with Gasteiger partial charge in [0.1, 0.15) is 0 Å². The Morgan fingerprint density at radius 3 is 2.43 bits per heavy atom. The van der Waals surface area contributed by atoms with E-state index in [0.717, 1.165) is 16.5 Å². The molecule has 0 bridgehead atoms. The molecule has 1 amide bonds. The number of piperazine rings is 1. The lowest BCUT2D eigenvalue weighted by atomic mass is 10.1. The molecule has 1 fully saturated rings. The lowest BCUT2D eigenvalue weighted by Crippen LogP contribution is -3.19. The van der Waals surface area contributed by atoms with Crippen LogP contribution in [0, 0.1) is 0 Å². The van der Waals surface area contributed by atoms with Crippen LogP contribution in [-0.4, -0.2) is 38.1 Å². The highest BCUT2D eigenvalue weighted by atomic mass is 19.4. The maximum Gasteiger partial charge on any atom is 0.416 e. The summed E-state index contributed by atoms with van der Waals surface area (Å²) in [6.45, 7) is 5.04. The molecule has 1 saturated heterocycles. The van der Waals surface area contributed by atoms with Gasteiger partial charge in [-0.1, -0.05) is 36.4 Å². The first-order valence-corrected chi connectivity index (χ1v) is 9.43. The number of nitrogens with one attached hydrogen (secondary N) is 2. The van der Waals surface area contributed by atoms with Crippen molar-refractivity contribution in [2.24, 2.45) is 0 Å². The van der Waals surface area contributed by atoms with Gasteiger partial charge in [0.2, 0.25) is 0 Å². The summed E-state index contributed by atoms with van der Waals surface area (Å²) in [6, 6.07) is 15.0. The second kappa shape index (κ2) is 8.65. The van der Waals surface area contributed by atoms with E-state index in [1.54, 1.807) is 6.07 Å². The van der Waals surface area contributed by atoms with Gasteiger partial charge >= 0.3 is 6.18 Å². The Kier molecular flexibility index (Phi) is 6.24. The molecule has 28 heavy (non-hydrogen) atoms. The molecule has 0 spiro atoms. The fourth-order valence-corrected chi connectivity index (χ4v) is 3.49. The van der Waals surface area contributed by atoms with E-state index in [4.69, 9.17) is 0 Å².